The van der Waals surface area contributed by atoms with Crippen LogP contribution in [0.1, 0.15) is 0 Å². The minimum absolute atomic E-state index is 0.378. The van der Waals surface area contributed by atoms with Crippen LogP contribution in [0.15, 0.2) is 61.2 Å². The Bertz CT molecular complexity index is 946. The molecule has 4 nitrogen and oxygen atoms in total. The summed E-state index contributed by atoms with van der Waals surface area (Å²) in [6.45, 7) is 3.38. The number of fused-ring (bicyclic) bond motifs is 2. The van der Waals surface area contributed by atoms with Crippen LogP contribution in [0.25, 0.3) is 21.5 Å². The standard InChI is InChI=1S/C18H11IO4/c1-2-17(20)22-15-5-3-11-8-14-10-16(23-18(19)21)6-4-12(14)7-13(11)9-15/h2-10H,1H2. The Morgan fingerprint density at radius 1 is 0.826 bits per heavy atom. The van der Waals surface area contributed by atoms with Gasteiger partial charge in [0.1, 0.15) is 11.5 Å². The van der Waals surface area contributed by atoms with Crippen LogP contribution in [0.3, 0.4) is 0 Å². The molecule has 5 heteroatoms. The molecule has 0 radical (unpaired) electrons. The lowest BCUT2D eigenvalue weighted by Gasteiger charge is -2.07. The zero-order valence-corrected chi connectivity index (χ0v) is 14.1. The first kappa shape index (κ1) is 15.5. The molecule has 23 heavy (non-hydrogen) atoms. The highest BCUT2D eigenvalue weighted by Crippen LogP contribution is 2.29. The molecule has 0 aliphatic carbocycles. The van der Waals surface area contributed by atoms with Crippen molar-refractivity contribution in [3.63, 3.8) is 0 Å². The van der Waals surface area contributed by atoms with Gasteiger partial charge in [-0.2, -0.15) is 0 Å². The van der Waals surface area contributed by atoms with Gasteiger partial charge < -0.3 is 9.47 Å². The van der Waals surface area contributed by atoms with Crippen molar-refractivity contribution in [3.8, 4) is 11.5 Å². The molecule has 0 fully saturated rings. The van der Waals surface area contributed by atoms with E-state index in [9.17, 15) is 9.59 Å². The lowest BCUT2D eigenvalue weighted by atomic mass is 10.0. The van der Waals surface area contributed by atoms with E-state index < -0.39 is 5.97 Å². The summed E-state index contributed by atoms with van der Waals surface area (Å²) in [5.74, 6) is 0.486. The molecule has 3 aromatic carbocycles. The normalized spacial score (nSPS) is 10.5. The van der Waals surface area contributed by atoms with E-state index in [2.05, 4.69) is 6.58 Å². The fourth-order valence-corrected chi connectivity index (χ4v) is 2.59. The quantitative estimate of drug-likeness (QED) is 0.150. The number of esters is 1. The Hall–Kier alpha value is -2.41. The fourth-order valence-electron chi connectivity index (χ4n) is 2.33. The van der Waals surface area contributed by atoms with Crippen molar-refractivity contribution < 1.29 is 19.1 Å². The van der Waals surface area contributed by atoms with Crippen LogP contribution in [0.2, 0.25) is 0 Å². The fraction of sp³-hybridized carbons (Fsp3) is 0. The minimum Gasteiger partial charge on any atom is -0.423 e. The summed E-state index contributed by atoms with van der Waals surface area (Å²) in [7, 11) is 0. The van der Waals surface area contributed by atoms with Crippen LogP contribution in [-0.2, 0) is 4.79 Å². The van der Waals surface area contributed by atoms with E-state index in [1.54, 1.807) is 40.8 Å². The third kappa shape index (κ3) is 3.50. The SMILES string of the molecule is C=CC(=O)Oc1ccc2cc3cc(OC(=O)I)ccc3cc2c1. The number of hydrogen-bond acceptors (Lipinski definition) is 4. The van der Waals surface area contributed by atoms with Crippen LogP contribution in [-0.4, -0.2) is 9.95 Å². The van der Waals surface area contributed by atoms with Crippen molar-refractivity contribution in [1.82, 2.24) is 0 Å². The molecule has 0 bridgehead atoms. The summed E-state index contributed by atoms with van der Waals surface area (Å²) in [4.78, 5) is 22.3. The van der Waals surface area contributed by atoms with Crippen molar-refractivity contribution in [2.24, 2.45) is 0 Å². The molecule has 0 unspecified atom stereocenters. The maximum Gasteiger partial charge on any atom is 0.372 e. The zero-order valence-electron chi connectivity index (χ0n) is 11.9. The van der Waals surface area contributed by atoms with Crippen molar-refractivity contribution >= 4 is 54.1 Å². The molecule has 0 N–H and O–H groups in total. The average Bonchev–Trinajstić information content (AvgIpc) is 2.52. The largest absolute Gasteiger partial charge is 0.423 e. The van der Waals surface area contributed by atoms with Crippen molar-refractivity contribution in [2.75, 3.05) is 0 Å². The average molecular weight is 418 g/mol. The summed E-state index contributed by atoms with van der Waals surface area (Å²) >= 11 is 1.59. The van der Waals surface area contributed by atoms with Gasteiger partial charge in [-0.05, 0) is 57.9 Å². The monoisotopic (exact) mass is 418 g/mol. The van der Waals surface area contributed by atoms with Gasteiger partial charge in [0.05, 0.1) is 22.6 Å². The predicted octanol–water partition coefficient (Wildman–Crippen LogP) is 5.02. The predicted molar refractivity (Wildman–Crippen MR) is 97.3 cm³/mol. The lowest BCUT2D eigenvalue weighted by Crippen LogP contribution is -2.02. The molecule has 0 atom stereocenters. The first-order valence-electron chi connectivity index (χ1n) is 6.74. The van der Waals surface area contributed by atoms with Gasteiger partial charge in [0.25, 0.3) is 0 Å². The van der Waals surface area contributed by atoms with Crippen LogP contribution in [0.5, 0.6) is 11.5 Å². The molecular formula is C18H11IO4. The van der Waals surface area contributed by atoms with Crippen molar-refractivity contribution in [2.45, 2.75) is 0 Å². The number of benzene rings is 3. The molecule has 3 aromatic rings. The van der Waals surface area contributed by atoms with E-state index >= 15 is 0 Å². The molecule has 0 aromatic heterocycles. The highest BCUT2D eigenvalue weighted by Gasteiger charge is 2.05. The van der Waals surface area contributed by atoms with Crippen LogP contribution in [0.4, 0.5) is 4.79 Å². The molecule has 114 valence electrons. The Morgan fingerprint density at radius 2 is 1.35 bits per heavy atom. The molecule has 0 amide bonds. The summed E-state index contributed by atoms with van der Waals surface area (Å²) in [6, 6.07) is 14.8. The molecule has 0 saturated heterocycles. The lowest BCUT2D eigenvalue weighted by molar-refractivity contribution is -0.128. The Balaban J connectivity index is 2.05. The van der Waals surface area contributed by atoms with Gasteiger partial charge in [0, 0.05) is 6.08 Å². The molecule has 0 spiro atoms. The molecule has 0 heterocycles. The molecule has 0 aliphatic heterocycles. The van der Waals surface area contributed by atoms with Crippen LogP contribution < -0.4 is 9.47 Å². The second-order valence-corrected chi connectivity index (χ2v) is 5.72. The van der Waals surface area contributed by atoms with E-state index in [0.29, 0.717) is 11.5 Å². The van der Waals surface area contributed by atoms with E-state index in [1.165, 1.54) is 0 Å². The van der Waals surface area contributed by atoms with Gasteiger partial charge in [-0.1, -0.05) is 18.7 Å². The Labute approximate surface area is 145 Å². The summed E-state index contributed by atoms with van der Waals surface area (Å²) in [6.07, 6.45) is 1.13. The summed E-state index contributed by atoms with van der Waals surface area (Å²) in [5, 5.41) is 3.90. The van der Waals surface area contributed by atoms with Crippen molar-refractivity contribution in [1.29, 1.82) is 0 Å². The number of rotatable bonds is 3. The van der Waals surface area contributed by atoms with E-state index in [1.807, 2.05) is 30.3 Å². The Morgan fingerprint density at radius 3 is 1.83 bits per heavy atom. The van der Waals surface area contributed by atoms with Crippen LogP contribution >= 0.6 is 22.6 Å². The minimum atomic E-state index is -0.490. The first-order chi connectivity index (χ1) is 11.0. The highest BCUT2D eigenvalue weighted by molar-refractivity contribution is 14.1. The van der Waals surface area contributed by atoms with E-state index in [4.69, 9.17) is 9.47 Å². The second kappa shape index (κ2) is 6.37. The topological polar surface area (TPSA) is 52.6 Å². The van der Waals surface area contributed by atoms with Gasteiger partial charge >= 0.3 is 9.95 Å². The number of carbonyl (C=O) groups is 2. The smallest absolute Gasteiger partial charge is 0.372 e. The number of carbonyl (C=O) groups excluding carboxylic acids is 2. The number of halogens is 1. The molecule has 0 saturated carbocycles. The van der Waals surface area contributed by atoms with E-state index in [0.717, 1.165) is 27.6 Å². The van der Waals surface area contributed by atoms with Gasteiger partial charge in [-0.25, -0.2) is 9.59 Å². The Kier molecular flexibility index (Phi) is 4.29. The maximum absolute atomic E-state index is 11.3. The third-order valence-electron chi connectivity index (χ3n) is 3.32. The van der Waals surface area contributed by atoms with Gasteiger partial charge in [-0.15, -0.1) is 0 Å². The number of hydrogen-bond donors (Lipinski definition) is 0. The number of ether oxygens (including phenoxy) is 2. The maximum atomic E-state index is 11.3. The third-order valence-corrected chi connectivity index (χ3v) is 3.54. The second-order valence-electron chi connectivity index (χ2n) is 4.84. The molecular weight excluding hydrogens is 407 g/mol. The highest BCUT2D eigenvalue weighted by atomic mass is 127. The first-order valence-corrected chi connectivity index (χ1v) is 7.82. The summed E-state index contributed by atoms with van der Waals surface area (Å²) in [5.41, 5.74) is 0. The molecule has 0 aliphatic rings. The van der Waals surface area contributed by atoms with Gasteiger partial charge in [-0.3, -0.25) is 0 Å². The zero-order chi connectivity index (χ0) is 16.4. The summed E-state index contributed by atoms with van der Waals surface area (Å²) < 4.78 is 9.84. The van der Waals surface area contributed by atoms with Gasteiger partial charge in [0.15, 0.2) is 0 Å². The van der Waals surface area contributed by atoms with E-state index in [-0.39, 0.29) is 3.98 Å². The van der Waals surface area contributed by atoms with Crippen molar-refractivity contribution in [3.05, 3.63) is 61.2 Å². The van der Waals surface area contributed by atoms with Gasteiger partial charge in [0.2, 0.25) is 0 Å². The van der Waals surface area contributed by atoms with Crippen LogP contribution in [0, 0.1) is 0 Å². The molecule has 3 rings (SSSR count).